The molecule has 4 aromatic rings. The minimum atomic E-state index is -1.08. The van der Waals surface area contributed by atoms with Crippen molar-refractivity contribution in [3.05, 3.63) is 89.2 Å². The second-order valence-electron chi connectivity index (χ2n) is 10.8. The molecule has 1 N–H and O–H groups in total. The zero-order valence-corrected chi connectivity index (χ0v) is 21.4. The summed E-state index contributed by atoms with van der Waals surface area (Å²) in [6, 6.07) is 20.0. The van der Waals surface area contributed by atoms with Gasteiger partial charge in [0, 0.05) is 24.7 Å². The maximum atomic E-state index is 13.6. The Balaban J connectivity index is 1.15. The van der Waals surface area contributed by atoms with Gasteiger partial charge in [0.2, 0.25) is 5.91 Å². The van der Waals surface area contributed by atoms with Crippen molar-refractivity contribution >= 4 is 17.1 Å². The molecule has 8 nitrogen and oxygen atoms in total. The summed E-state index contributed by atoms with van der Waals surface area (Å²) < 4.78 is 3.24. The topological polar surface area (TPSA) is 93.2 Å². The van der Waals surface area contributed by atoms with Crippen molar-refractivity contribution < 1.29 is 9.90 Å². The number of para-hydroxylation sites is 1. The normalized spacial score (nSPS) is 21.4. The van der Waals surface area contributed by atoms with Crippen molar-refractivity contribution in [3.8, 4) is 5.69 Å². The van der Waals surface area contributed by atoms with Crippen molar-refractivity contribution in [2.24, 2.45) is 5.92 Å². The SMILES string of the molecule is O=C([C@H]1CCCC[C@@H]1c1ccccc1)N1CCC(O)(Cn2cnc3c(ncn3-c3ccccc3)c2=O)CC1. The van der Waals surface area contributed by atoms with Gasteiger partial charge in [0.25, 0.3) is 5.56 Å². The highest BCUT2D eigenvalue weighted by Crippen LogP contribution is 2.39. The minimum Gasteiger partial charge on any atom is -0.388 e. The molecule has 2 aliphatic rings. The van der Waals surface area contributed by atoms with Gasteiger partial charge >= 0.3 is 0 Å². The summed E-state index contributed by atoms with van der Waals surface area (Å²) in [7, 11) is 0. The molecule has 1 aliphatic carbocycles. The predicted octanol–water partition coefficient (Wildman–Crippen LogP) is 3.91. The Labute approximate surface area is 221 Å². The van der Waals surface area contributed by atoms with E-state index in [0.717, 1.165) is 31.4 Å². The van der Waals surface area contributed by atoms with Gasteiger partial charge < -0.3 is 10.0 Å². The Morgan fingerprint density at radius 2 is 1.61 bits per heavy atom. The van der Waals surface area contributed by atoms with Gasteiger partial charge in [-0.2, -0.15) is 0 Å². The molecular formula is C30H33N5O3. The minimum absolute atomic E-state index is 0.00806. The van der Waals surface area contributed by atoms with Crippen molar-refractivity contribution in [3.63, 3.8) is 0 Å². The number of piperidine rings is 1. The molecule has 2 fully saturated rings. The van der Waals surface area contributed by atoms with Gasteiger partial charge in [0.1, 0.15) is 12.7 Å². The van der Waals surface area contributed by atoms with Crippen LogP contribution in [0, 0.1) is 5.92 Å². The maximum Gasteiger partial charge on any atom is 0.281 e. The summed E-state index contributed by atoms with van der Waals surface area (Å²) in [4.78, 5) is 37.6. The monoisotopic (exact) mass is 511 g/mol. The Morgan fingerprint density at radius 3 is 2.34 bits per heavy atom. The standard InChI is InChI=1S/C30H33N5O3/c36-28(25-14-8-7-13-24(25)22-9-3-1-4-10-22)33-17-15-30(38,16-18-33)19-34-20-32-27-26(29(34)37)31-21-35(27)23-11-5-2-6-12-23/h1-6,9-12,20-21,24-25,38H,7-8,13-19H2/t24-,25+/m1/s1. The number of carbonyl (C=O) groups excluding carboxylic acids is 1. The molecule has 1 saturated heterocycles. The lowest BCUT2D eigenvalue weighted by Crippen LogP contribution is -2.51. The number of carbonyl (C=O) groups is 1. The molecule has 2 aromatic heterocycles. The molecule has 1 amide bonds. The van der Waals surface area contributed by atoms with Crippen LogP contribution >= 0.6 is 0 Å². The zero-order valence-electron chi connectivity index (χ0n) is 21.4. The van der Waals surface area contributed by atoms with E-state index in [1.54, 1.807) is 10.9 Å². The fourth-order valence-corrected chi connectivity index (χ4v) is 6.20. The molecule has 3 heterocycles. The Morgan fingerprint density at radius 1 is 0.921 bits per heavy atom. The van der Waals surface area contributed by atoms with E-state index in [9.17, 15) is 14.7 Å². The molecule has 196 valence electrons. The van der Waals surface area contributed by atoms with E-state index in [1.807, 2.05) is 53.4 Å². The molecule has 1 saturated carbocycles. The van der Waals surface area contributed by atoms with E-state index in [2.05, 4.69) is 22.1 Å². The number of rotatable bonds is 5. The highest BCUT2D eigenvalue weighted by atomic mass is 16.3. The fraction of sp³-hybridized carbons (Fsp3) is 0.400. The number of fused-ring (bicyclic) bond motifs is 1. The number of aromatic nitrogens is 4. The number of aliphatic hydroxyl groups is 1. The summed E-state index contributed by atoms with van der Waals surface area (Å²) >= 11 is 0. The van der Waals surface area contributed by atoms with Crippen LogP contribution in [-0.2, 0) is 11.3 Å². The van der Waals surface area contributed by atoms with Crippen LogP contribution < -0.4 is 5.56 Å². The maximum absolute atomic E-state index is 13.6. The molecule has 0 bridgehead atoms. The highest BCUT2D eigenvalue weighted by molar-refractivity contribution is 5.80. The van der Waals surface area contributed by atoms with Crippen LogP contribution in [0.1, 0.15) is 50.0 Å². The van der Waals surface area contributed by atoms with Gasteiger partial charge in [0.15, 0.2) is 11.2 Å². The predicted molar refractivity (Wildman–Crippen MR) is 145 cm³/mol. The van der Waals surface area contributed by atoms with Crippen LogP contribution in [0.15, 0.2) is 78.1 Å². The molecular weight excluding hydrogens is 478 g/mol. The van der Waals surface area contributed by atoms with Crippen LogP contribution in [0.25, 0.3) is 16.9 Å². The van der Waals surface area contributed by atoms with E-state index in [1.165, 1.54) is 16.5 Å². The number of benzene rings is 2. The molecule has 38 heavy (non-hydrogen) atoms. The van der Waals surface area contributed by atoms with E-state index < -0.39 is 5.60 Å². The highest BCUT2D eigenvalue weighted by Gasteiger charge is 2.39. The van der Waals surface area contributed by atoms with Crippen LogP contribution in [0.5, 0.6) is 0 Å². The number of amides is 1. The molecule has 2 atom stereocenters. The lowest BCUT2D eigenvalue weighted by Gasteiger charge is -2.41. The number of likely N-dealkylation sites (tertiary alicyclic amines) is 1. The van der Waals surface area contributed by atoms with Crippen molar-refractivity contribution in [1.29, 1.82) is 0 Å². The second-order valence-corrected chi connectivity index (χ2v) is 10.8. The first kappa shape index (κ1) is 24.6. The van der Waals surface area contributed by atoms with Crippen LogP contribution in [0.4, 0.5) is 0 Å². The molecule has 0 unspecified atom stereocenters. The third-order valence-corrected chi connectivity index (χ3v) is 8.34. The second kappa shape index (κ2) is 10.2. The summed E-state index contributed by atoms with van der Waals surface area (Å²) in [5.41, 5.74) is 1.54. The van der Waals surface area contributed by atoms with Gasteiger partial charge in [-0.25, -0.2) is 9.97 Å². The Bertz CT molecular complexity index is 1470. The lowest BCUT2D eigenvalue weighted by molar-refractivity contribution is -0.142. The van der Waals surface area contributed by atoms with Crippen LogP contribution in [-0.4, -0.2) is 53.7 Å². The fourth-order valence-electron chi connectivity index (χ4n) is 6.20. The van der Waals surface area contributed by atoms with Gasteiger partial charge in [-0.05, 0) is 49.3 Å². The number of hydrogen-bond donors (Lipinski definition) is 1. The molecule has 8 heteroatoms. The third-order valence-electron chi connectivity index (χ3n) is 8.34. The number of nitrogens with zero attached hydrogens (tertiary/aromatic N) is 5. The van der Waals surface area contributed by atoms with Gasteiger partial charge in [-0.3, -0.25) is 18.7 Å². The molecule has 2 aromatic carbocycles. The molecule has 0 radical (unpaired) electrons. The third kappa shape index (κ3) is 4.65. The van der Waals surface area contributed by atoms with Crippen molar-refractivity contribution in [2.75, 3.05) is 13.1 Å². The summed E-state index contributed by atoms with van der Waals surface area (Å²) in [5, 5.41) is 11.4. The first-order chi connectivity index (χ1) is 18.5. The first-order valence-corrected chi connectivity index (χ1v) is 13.6. The van der Waals surface area contributed by atoms with E-state index >= 15 is 0 Å². The average molecular weight is 512 g/mol. The Kier molecular flexibility index (Phi) is 6.57. The van der Waals surface area contributed by atoms with Gasteiger partial charge in [-0.1, -0.05) is 61.4 Å². The van der Waals surface area contributed by atoms with E-state index in [0.29, 0.717) is 31.6 Å². The molecule has 6 rings (SSSR count). The number of imidazole rings is 1. The van der Waals surface area contributed by atoms with E-state index in [-0.39, 0.29) is 35.4 Å². The molecule has 0 spiro atoms. The van der Waals surface area contributed by atoms with Gasteiger partial charge in [0.05, 0.1) is 12.1 Å². The zero-order chi connectivity index (χ0) is 26.1. The average Bonchev–Trinajstić information content (AvgIpc) is 3.40. The quantitative estimate of drug-likeness (QED) is 0.439. The summed E-state index contributed by atoms with van der Waals surface area (Å²) in [6.45, 7) is 1.10. The smallest absolute Gasteiger partial charge is 0.281 e. The molecule has 1 aliphatic heterocycles. The van der Waals surface area contributed by atoms with E-state index in [4.69, 9.17) is 0 Å². The summed E-state index contributed by atoms with van der Waals surface area (Å²) in [6.07, 6.45) is 8.12. The summed E-state index contributed by atoms with van der Waals surface area (Å²) in [5.74, 6) is 0.448. The lowest BCUT2D eigenvalue weighted by atomic mass is 9.74. The van der Waals surface area contributed by atoms with Crippen LogP contribution in [0.2, 0.25) is 0 Å². The van der Waals surface area contributed by atoms with Crippen molar-refractivity contribution in [1.82, 2.24) is 24.0 Å². The van der Waals surface area contributed by atoms with Crippen LogP contribution in [0.3, 0.4) is 0 Å². The first-order valence-electron chi connectivity index (χ1n) is 13.6. The Hall–Kier alpha value is -3.78. The van der Waals surface area contributed by atoms with Crippen molar-refractivity contribution in [2.45, 2.75) is 56.6 Å². The van der Waals surface area contributed by atoms with Gasteiger partial charge in [-0.15, -0.1) is 0 Å². The number of hydrogen-bond acceptors (Lipinski definition) is 5. The largest absolute Gasteiger partial charge is 0.388 e.